The molecular weight excluding hydrogens is 673 g/mol. The van der Waals surface area contributed by atoms with Crippen molar-refractivity contribution in [3.63, 3.8) is 0 Å². The molecule has 0 saturated carbocycles. The van der Waals surface area contributed by atoms with Crippen LogP contribution in [0.5, 0.6) is 0 Å². The van der Waals surface area contributed by atoms with E-state index in [1.165, 1.54) is 131 Å². The zero-order valence-corrected chi connectivity index (χ0v) is 30.5. The molecule has 0 aromatic heterocycles. The molecule has 0 N–H and O–H groups in total. The molecule has 1 aliphatic carbocycles. The standard InChI is InChI=1S/C56H32/c1-4-17-36-33(14-1)28-49(41-22-9-7-20-39(36)41)55-44-24-11-12-25-45(44)56(50-29-34-15-2-5-18-37(34)40-21-8-10-23-42(40)50)53-32-48-47(31-52(53)55)46-27-13-26-43-38-19-6-3-16-35(38)30-51(48)54(43)46/h1-32H. The molecule has 0 radical (unpaired) electrons. The third-order valence-corrected chi connectivity index (χ3v) is 12.7. The number of hydrogen-bond donors (Lipinski definition) is 0. The van der Waals surface area contributed by atoms with E-state index in [4.69, 9.17) is 0 Å². The van der Waals surface area contributed by atoms with Crippen molar-refractivity contribution in [2.45, 2.75) is 0 Å². The zero-order chi connectivity index (χ0) is 36.5. The van der Waals surface area contributed by atoms with Crippen molar-refractivity contribution in [2.75, 3.05) is 0 Å². The summed E-state index contributed by atoms with van der Waals surface area (Å²) >= 11 is 0. The first-order chi connectivity index (χ1) is 27.8. The first-order valence-electron chi connectivity index (χ1n) is 19.6. The van der Waals surface area contributed by atoms with Gasteiger partial charge in [-0.1, -0.05) is 164 Å². The van der Waals surface area contributed by atoms with Crippen LogP contribution in [0.25, 0.3) is 131 Å². The Hall–Kier alpha value is -7.28. The minimum Gasteiger partial charge on any atom is -0.0616 e. The van der Waals surface area contributed by atoms with Crippen LogP contribution in [0, 0.1) is 0 Å². The summed E-state index contributed by atoms with van der Waals surface area (Å²) in [6.45, 7) is 0. The lowest BCUT2D eigenvalue weighted by Crippen LogP contribution is -1.94. The van der Waals surface area contributed by atoms with Gasteiger partial charge in [-0.05, 0) is 161 Å². The molecule has 0 aliphatic heterocycles. The highest BCUT2D eigenvalue weighted by molar-refractivity contribution is 6.31. The lowest BCUT2D eigenvalue weighted by atomic mass is 9.81. The molecule has 0 heterocycles. The summed E-state index contributed by atoms with van der Waals surface area (Å²) in [5.41, 5.74) is 10.4. The molecule has 0 spiro atoms. The predicted octanol–water partition coefficient (Wildman–Crippen LogP) is 15.9. The molecule has 56 heavy (non-hydrogen) atoms. The molecule has 0 unspecified atom stereocenters. The highest BCUT2D eigenvalue weighted by atomic mass is 14.3. The number of fused-ring (bicyclic) bond motifs is 13. The Morgan fingerprint density at radius 2 is 0.536 bits per heavy atom. The molecule has 0 fully saturated rings. The van der Waals surface area contributed by atoms with Crippen molar-refractivity contribution in [2.24, 2.45) is 0 Å². The van der Waals surface area contributed by atoms with Crippen molar-refractivity contribution in [3.05, 3.63) is 194 Å². The summed E-state index contributed by atoms with van der Waals surface area (Å²) in [7, 11) is 0. The van der Waals surface area contributed by atoms with Gasteiger partial charge in [-0.15, -0.1) is 0 Å². The highest BCUT2D eigenvalue weighted by Crippen LogP contribution is 2.55. The Labute approximate surface area is 323 Å². The van der Waals surface area contributed by atoms with Gasteiger partial charge < -0.3 is 0 Å². The van der Waals surface area contributed by atoms with Gasteiger partial charge in [-0.3, -0.25) is 0 Å². The molecule has 0 nitrogen and oxygen atoms in total. The van der Waals surface area contributed by atoms with Gasteiger partial charge in [0, 0.05) is 0 Å². The van der Waals surface area contributed by atoms with Gasteiger partial charge in [0.2, 0.25) is 0 Å². The van der Waals surface area contributed by atoms with Crippen LogP contribution in [0.2, 0.25) is 0 Å². The van der Waals surface area contributed by atoms with Crippen LogP contribution in [0.3, 0.4) is 0 Å². The van der Waals surface area contributed by atoms with Gasteiger partial charge in [0.15, 0.2) is 0 Å². The summed E-state index contributed by atoms with van der Waals surface area (Å²) in [5.74, 6) is 0. The Kier molecular flexibility index (Phi) is 5.98. The van der Waals surface area contributed by atoms with Crippen LogP contribution in [-0.4, -0.2) is 0 Å². The fourth-order valence-electron chi connectivity index (χ4n) is 10.4. The van der Waals surface area contributed by atoms with E-state index in [9.17, 15) is 0 Å². The van der Waals surface area contributed by atoms with E-state index in [0.717, 1.165) is 0 Å². The minimum atomic E-state index is 1.26. The number of benzene rings is 12. The summed E-state index contributed by atoms with van der Waals surface area (Å²) in [4.78, 5) is 0. The van der Waals surface area contributed by atoms with Gasteiger partial charge in [0.05, 0.1) is 0 Å². The Morgan fingerprint density at radius 1 is 0.179 bits per heavy atom. The van der Waals surface area contributed by atoms with Crippen molar-refractivity contribution >= 4 is 86.2 Å². The second kappa shape index (κ2) is 11.1. The molecule has 12 aromatic carbocycles. The van der Waals surface area contributed by atoms with Crippen LogP contribution >= 0.6 is 0 Å². The first-order valence-corrected chi connectivity index (χ1v) is 19.6. The largest absolute Gasteiger partial charge is 0.0616 e. The van der Waals surface area contributed by atoms with E-state index >= 15 is 0 Å². The Bertz CT molecular complexity index is 3700. The normalized spacial score (nSPS) is 12.3. The Morgan fingerprint density at radius 3 is 1.04 bits per heavy atom. The highest BCUT2D eigenvalue weighted by Gasteiger charge is 2.27. The van der Waals surface area contributed by atoms with Gasteiger partial charge in [0.1, 0.15) is 0 Å². The molecule has 1 aliphatic rings. The smallest absolute Gasteiger partial charge is 0.00197 e. The van der Waals surface area contributed by atoms with Crippen LogP contribution in [0.15, 0.2) is 194 Å². The molecule has 13 rings (SSSR count). The summed E-state index contributed by atoms with van der Waals surface area (Å²) in [6.07, 6.45) is 0. The Balaban J connectivity index is 1.27. The van der Waals surface area contributed by atoms with E-state index in [1.54, 1.807) is 0 Å². The molecule has 0 heteroatoms. The van der Waals surface area contributed by atoms with E-state index in [2.05, 4.69) is 194 Å². The third kappa shape index (κ3) is 3.98. The topological polar surface area (TPSA) is 0 Å². The maximum absolute atomic E-state index is 2.55. The lowest BCUT2D eigenvalue weighted by Gasteiger charge is -2.22. The molecule has 0 atom stereocenters. The fourth-order valence-corrected chi connectivity index (χ4v) is 10.4. The second-order valence-corrected chi connectivity index (χ2v) is 15.5. The molecular formula is C56H32. The SMILES string of the molecule is c1ccc2c(c1)cc(-c1c3ccccc3c(-c3cc4ccccc4c4ccccc34)c3cc4c(cc13)-c1cccc3c1c-4cc1ccccc13)c1ccccc12. The minimum absolute atomic E-state index is 1.26. The lowest BCUT2D eigenvalue weighted by molar-refractivity contribution is 1.70. The van der Waals surface area contributed by atoms with Crippen molar-refractivity contribution in [1.82, 2.24) is 0 Å². The maximum Gasteiger partial charge on any atom is -0.00197 e. The van der Waals surface area contributed by atoms with E-state index < -0.39 is 0 Å². The van der Waals surface area contributed by atoms with Crippen LogP contribution in [-0.2, 0) is 0 Å². The maximum atomic E-state index is 2.55. The van der Waals surface area contributed by atoms with Gasteiger partial charge in [-0.2, -0.15) is 0 Å². The van der Waals surface area contributed by atoms with Crippen LogP contribution < -0.4 is 0 Å². The van der Waals surface area contributed by atoms with Crippen molar-refractivity contribution in [1.29, 1.82) is 0 Å². The van der Waals surface area contributed by atoms with Gasteiger partial charge in [-0.25, -0.2) is 0 Å². The predicted molar refractivity (Wildman–Crippen MR) is 242 cm³/mol. The second-order valence-electron chi connectivity index (χ2n) is 15.5. The van der Waals surface area contributed by atoms with Gasteiger partial charge >= 0.3 is 0 Å². The van der Waals surface area contributed by atoms with Crippen molar-refractivity contribution < 1.29 is 0 Å². The van der Waals surface area contributed by atoms with E-state index in [-0.39, 0.29) is 0 Å². The monoisotopic (exact) mass is 704 g/mol. The van der Waals surface area contributed by atoms with Gasteiger partial charge in [0.25, 0.3) is 0 Å². The molecule has 256 valence electrons. The number of rotatable bonds is 2. The third-order valence-electron chi connectivity index (χ3n) is 12.7. The average Bonchev–Trinajstić information content (AvgIpc) is 3.57. The zero-order valence-electron chi connectivity index (χ0n) is 30.5. The molecule has 0 bridgehead atoms. The van der Waals surface area contributed by atoms with E-state index in [0.29, 0.717) is 0 Å². The van der Waals surface area contributed by atoms with E-state index in [1.807, 2.05) is 0 Å². The molecule has 0 amide bonds. The summed E-state index contributed by atoms with van der Waals surface area (Å²) in [6, 6.07) is 73.0. The number of hydrogen-bond acceptors (Lipinski definition) is 0. The van der Waals surface area contributed by atoms with Crippen molar-refractivity contribution in [3.8, 4) is 44.5 Å². The molecule has 0 saturated heterocycles. The summed E-state index contributed by atoms with van der Waals surface area (Å²) in [5, 5.41) is 20.6. The fraction of sp³-hybridized carbons (Fsp3) is 0. The first kappa shape index (κ1) is 30.1. The van der Waals surface area contributed by atoms with Crippen LogP contribution in [0.4, 0.5) is 0 Å². The quantitative estimate of drug-likeness (QED) is 0.124. The van der Waals surface area contributed by atoms with Crippen LogP contribution in [0.1, 0.15) is 0 Å². The molecule has 12 aromatic rings. The summed E-state index contributed by atoms with van der Waals surface area (Å²) < 4.78 is 0. The average molecular weight is 705 g/mol.